The van der Waals surface area contributed by atoms with Crippen molar-refractivity contribution in [3.8, 4) is 0 Å². The van der Waals surface area contributed by atoms with Gasteiger partial charge in [-0.2, -0.15) is 0 Å². The highest BCUT2D eigenvalue weighted by Crippen LogP contribution is 2.11. The lowest BCUT2D eigenvalue weighted by atomic mass is 10.3. The molecule has 3 rings (SSSR count). The molecule has 0 atom stereocenters. The van der Waals surface area contributed by atoms with Crippen LogP contribution in [0.2, 0.25) is 0 Å². The van der Waals surface area contributed by atoms with Crippen LogP contribution in [0.15, 0.2) is 52.2 Å². The second-order valence-electron chi connectivity index (χ2n) is 3.45. The zero-order valence-electron chi connectivity index (χ0n) is 12.2. The second-order valence-corrected chi connectivity index (χ2v) is 4.47. The standard InChI is InChI=1S/C12H7NO2S.2C2H6/c14-11-8-4-1-2-6-10(8)16-12(15)9-5-3-7-13(9)11;2*1-2/h1-7H;2*1-2H3. The van der Waals surface area contributed by atoms with Crippen molar-refractivity contribution >= 4 is 26.9 Å². The summed E-state index contributed by atoms with van der Waals surface area (Å²) in [4.78, 5) is 24.0. The average Bonchev–Trinajstić information content (AvgIpc) is 2.97. The van der Waals surface area contributed by atoms with Gasteiger partial charge in [-0.1, -0.05) is 51.2 Å². The molecule has 0 fully saturated rings. The van der Waals surface area contributed by atoms with Crippen LogP contribution in [0.3, 0.4) is 0 Å². The zero-order valence-corrected chi connectivity index (χ0v) is 13.0. The van der Waals surface area contributed by atoms with E-state index in [1.807, 2.05) is 33.8 Å². The topological polar surface area (TPSA) is 38.5 Å². The molecular formula is C16H19NO2S. The lowest BCUT2D eigenvalue weighted by molar-refractivity contribution is 1.15. The van der Waals surface area contributed by atoms with Gasteiger partial charge in [0.1, 0.15) is 5.52 Å². The Morgan fingerprint density at radius 2 is 1.55 bits per heavy atom. The molecule has 0 aliphatic rings. The van der Waals surface area contributed by atoms with Gasteiger partial charge in [0.2, 0.25) is 0 Å². The van der Waals surface area contributed by atoms with Crippen molar-refractivity contribution in [1.82, 2.24) is 4.40 Å². The van der Waals surface area contributed by atoms with Crippen LogP contribution in [0, 0.1) is 0 Å². The number of nitrogens with zero attached hydrogens (tertiary/aromatic N) is 1. The first-order valence-electron chi connectivity index (χ1n) is 6.80. The van der Waals surface area contributed by atoms with Crippen LogP contribution >= 0.6 is 11.3 Å². The van der Waals surface area contributed by atoms with Gasteiger partial charge in [0.25, 0.3) is 10.3 Å². The number of aromatic nitrogens is 1. The molecule has 0 saturated carbocycles. The Morgan fingerprint density at radius 3 is 2.25 bits per heavy atom. The highest BCUT2D eigenvalue weighted by atomic mass is 32.1. The van der Waals surface area contributed by atoms with Gasteiger partial charge in [0.15, 0.2) is 0 Å². The molecule has 106 valence electrons. The van der Waals surface area contributed by atoms with E-state index in [-0.39, 0.29) is 10.3 Å². The Bertz CT molecular complexity index is 803. The van der Waals surface area contributed by atoms with E-state index in [1.54, 1.807) is 36.5 Å². The van der Waals surface area contributed by atoms with E-state index in [1.165, 1.54) is 4.40 Å². The van der Waals surface area contributed by atoms with E-state index in [0.29, 0.717) is 10.9 Å². The first kappa shape index (κ1) is 16.1. The van der Waals surface area contributed by atoms with Crippen LogP contribution in [0.5, 0.6) is 0 Å². The molecule has 0 aliphatic carbocycles. The van der Waals surface area contributed by atoms with Crippen molar-refractivity contribution in [1.29, 1.82) is 0 Å². The minimum atomic E-state index is -0.144. The average molecular weight is 289 g/mol. The van der Waals surface area contributed by atoms with Crippen LogP contribution in [0.1, 0.15) is 27.7 Å². The van der Waals surface area contributed by atoms with Gasteiger partial charge in [-0.25, -0.2) is 0 Å². The van der Waals surface area contributed by atoms with Gasteiger partial charge in [-0.3, -0.25) is 14.0 Å². The molecule has 0 N–H and O–H groups in total. The van der Waals surface area contributed by atoms with Crippen molar-refractivity contribution in [3.05, 3.63) is 62.5 Å². The monoisotopic (exact) mass is 289 g/mol. The molecule has 20 heavy (non-hydrogen) atoms. The Kier molecular flexibility index (Phi) is 6.12. The highest BCUT2D eigenvalue weighted by Gasteiger charge is 2.04. The highest BCUT2D eigenvalue weighted by molar-refractivity contribution is 7.16. The third-order valence-electron chi connectivity index (χ3n) is 2.50. The van der Waals surface area contributed by atoms with Gasteiger partial charge in [-0.15, -0.1) is 0 Å². The molecule has 0 unspecified atom stereocenters. The molecular weight excluding hydrogens is 270 g/mol. The fraction of sp³-hybridized carbons (Fsp3) is 0.250. The molecule has 0 spiro atoms. The summed E-state index contributed by atoms with van der Waals surface area (Å²) in [6.07, 6.45) is 1.62. The maximum atomic E-state index is 12.1. The summed E-state index contributed by atoms with van der Waals surface area (Å²) in [7, 11) is 0. The number of fused-ring (bicyclic) bond motifs is 2. The molecule has 2 heterocycles. The van der Waals surface area contributed by atoms with Crippen molar-refractivity contribution in [3.63, 3.8) is 0 Å². The van der Waals surface area contributed by atoms with E-state index in [4.69, 9.17) is 0 Å². The first-order valence-corrected chi connectivity index (χ1v) is 7.62. The minimum Gasteiger partial charge on any atom is -0.279 e. The Balaban J connectivity index is 0.000000461. The van der Waals surface area contributed by atoms with Crippen LogP contribution in [-0.4, -0.2) is 4.40 Å². The van der Waals surface area contributed by atoms with Gasteiger partial charge in [0.05, 0.1) is 5.39 Å². The normalized spacial score (nSPS) is 9.40. The molecule has 0 aliphatic heterocycles. The lowest BCUT2D eigenvalue weighted by Gasteiger charge is -1.87. The molecule has 0 bridgehead atoms. The SMILES string of the molecule is CC.CC.O=c1sc2ccccc2c(=O)n2cccc12. The number of hydrogen-bond donors (Lipinski definition) is 0. The summed E-state index contributed by atoms with van der Waals surface area (Å²) in [5.74, 6) is 0. The zero-order chi connectivity index (χ0) is 15.1. The molecule has 0 radical (unpaired) electrons. The number of hydrogen-bond acceptors (Lipinski definition) is 3. The quantitative estimate of drug-likeness (QED) is 0.629. The third-order valence-corrected chi connectivity index (χ3v) is 3.47. The molecule has 3 nitrogen and oxygen atoms in total. The molecule has 3 aromatic rings. The van der Waals surface area contributed by atoms with Crippen molar-refractivity contribution in [2.24, 2.45) is 0 Å². The lowest BCUT2D eigenvalue weighted by Crippen LogP contribution is -2.10. The minimum absolute atomic E-state index is 0.0942. The molecule has 4 heteroatoms. The van der Waals surface area contributed by atoms with E-state index in [2.05, 4.69) is 0 Å². The van der Waals surface area contributed by atoms with Crippen LogP contribution in [0.25, 0.3) is 15.6 Å². The van der Waals surface area contributed by atoms with E-state index >= 15 is 0 Å². The maximum absolute atomic E-state index is 12.1. The van der Waals surface area contributed by atoms with Gasteiger partial charge >= 0.3 is 0 Å². The van der Waals surface area contributed by atoms with Crippen LogP contribution in [-0.2, 0) is 0 Å². The van der Waals surface area contributed by atoms with Gasteiger partial charge < -0.3 is 0 Å². The predicted octanol–water partition coefficient (Wildman–Crippen LogP) is 3.93. The maximum Gasteiger partial charge on any atom is 0.263 e. The number of benzene rings is 1. The van der Waals surface area contributed by atoms with E-state index < -0.39 is 0 Å². The summed E-state index contributed by atoms with van der Waals surface area (Å²) < 4.78 is 2.03. The fourth-order valence-electron chi connectivity index (χ4n) is 1.74. The molecule has 1 aromatic carbocycles. The fourth-order valence-corrected chi connectivity index (χ4v) is 2.62. The first-order chi connectivity index (χ1) is 9.77. The van der Waals surface area contributed by atoms with Crippen molar-refractivity contribution in [2.75, 3.05) is 0 Å². The Morgan fingerprint density at radius 1 is 0.900 bits per heavy atom. The van der Waals surface area contributed by atoms with Crippen molar-refractivity contribution < 1.29 is 0 Å². The third kappa shape index (κ3) is 2.96. The van der Waals surface area contributed by atoms with E-state index in [9.17, 15) is 9.59 Å². The molecule has 0 saturated heterocycles. The van der Waals surface area contributed by atoms with Crippen LogP contribution < -0.4 is 10.3 Å². The largest absolute Gasteiger partial charge is 0.279 e. The van der Waals surface area contributed by atoms with Crippen molar-refractivity contribution in [2.45, 2.75) is 27.7 Å². The Labute approximate surface area is 122 Å². The second kappa shape index (κ2) is 7.60. The van der Waals surface area contributed by atoms with Gasteiger partial charge in [0, 0.05) is 10.9 Å². The molecule has 0 amide bonds. The van der Waals surface area contributed by atoms with E-state index in [0.717, 1.165) is 16.0 Å². The summed E-state index contributed by atoms with van der Waals surface area (Å²) in [5.41, 5.74) is 0.292. The van der Waals surface area contributed by atoms with Crippen LogP contribution in [0.4, 0.5) is 0 Å². The summed E-state index contributed by atoms with van der Waals surface area (Å²) >= 11 is 1.10. The summed E-state index contributed by atoms with van der Waals surface area (Å²) in [5, 5.41) is 0.579. The smallest absolute Gasteiger partial charge is 0.263 e. The summed E-state index contributed by atoms with van der Waals surface area (Å²) in [6, 6.07) is 10.5. The molecule has 2 aromatic heterocycles. The summed E-state index contributed by atoms with van der Waals surface area (Å²) in [6.45, 7) is 8.00. The number of rotatable bonds is 0. The predicted molar refractivity (Wildman–Crippen MR) is 88.0 cm³/mol. The Hall–Kier alpha value is -1.94. The van der Waals surface area contributed by atoms with Gasteiger partial charge in [-0.05, 0) is 24.3 Å².